The van der Waals surface area contributed by atoms with Crippen LogP contribution in [0.4, 0.5) is 18.0 Å². The molecule has 22 heavy (non-hydrogen) atoms. The Hall–Kier alpha value is -1.31. The smallest absolute Gasteiger partial charge is 0.417 e. The Labute approximate surface area is 127 Å². The summed E-state index contributed by atoms with van der Waals surface area (Å²) >= 11 is 0. The minimum Gasteiger partial charge on any atom is -0.443 e. The molecule has 1 N–H and O–H groups in total. The van der Waals surface area contributed by atoms with Crippen LogP contribution < -0.4 is 5.32 Å². The van der Waals surface area contributed by atoms with Crippen LogP contribution in [-0.2, 0) is 9.53 Å². The maximum absolute atomic E-state index is 13.3. The van der Waals surface area contributed by atoms with Crippen molar-refractivity contribution in [1.29, 1.82) is 0 Å². The van der Waals surface area contributed by atoms with E-state index < -0.39 is 35.2 Å². The molecule has 0 aromatic rings. The maximum atomic E-state index is 13.3. The molecule has 0 radical (unpaired) electrons. The number of ether oxygens (including phenoxy) is 1. The first-order valence-electron chi connectivity index (χ1n) is 7.30. The second kappa shape index (κ2) is 5.40. The highest BCUT2D eigenvalue weighted by Crippen LogP contribution is 2.48. The van der Waals surface area contributed by atoms with Crippen LogP contribution >= 0.6 is 0 Å². The van der Waals surface area contributed by atoms with Gasteiger partial charge in [0, 0.05) is 0 Å². The van der Waals surface area contributed by atoms with E-state index in [9.17, 15) is 22.8 Å². The summed E-state index contributed by atoms with van der Waals surface area (Å²) in [6, 6.07) is -2.10. The van der Waals surface area contributed by atoms with Crippen molar-refractivity contribution in [2.75, 3.05) is 13.1 Å². The van der Waals surface area contributed by atoms with E-state index in [-0.39, 0.29) is 11.3 Å². The second-order valence-electron chi connectivity index (χ2n) is 6.95. The third-order valence-corrected chi connectivity index (χ3v) is 4.10. The SMILES string of the molecule is CC(C)(C)OC(=O)N1C(=O)C2(CCNCC2)CC1C(F)(F)F. The highest BCUT2D eigenvalue weighted by molar-refractivity contribution is 5.98. The van der Waals surface area contributed by atoms with Gasteiger partial charge < -0.3 is 10.1 Å². The molecule has 0 saturated carbocycles. The predicted octanol–water partition coefficient (Wildman–Crippen LogP) is 2.45. The first-order valence-corrected chi connectivity index (χ1v) is 7.30. The average molecular weight is 322 g/mol. The molecule has 0 aromatic heterocycles. The molecular weight excluding hydrogens is 301 g/mol. The first-order chi connectivity index (χ1) is 9.96. The summed E-state index contributed by atoms with van der Waals surface area (Å²) in [7, 11) is 0. The zero-order chi connectivity index (χ0) is 16.8. The number of likely N-dealkylation sites (tertiary alicyclic amines) is 1. The van der Waals surface area contributed by atoms with E-state index in [1.54, 1.807) is 20.8 Å². The van der Waals surface area contributed by atoms with Crippen molar-refractivity contribution in [1.82, 2.24) is 10.2 Å². The standard InChI is InChI=1S/C14H21F3N2O3/c1-12(2,3)22-11(21)19-9(14(15,16)17)8-13(10(19)20)4-6-18-7-5-13/h9,18H,4-8H2,1-3H3. The molecule has 1 spiro atoms. The molecule has 0 bridgehead atoms. The lowest BCUT2D eigenvalue weighted by molar-refractivity contribution is -0.177. The number of rotatable bonds is 0. The molecule has 2 aliphatic heterocycles. The molecule has 1 atom stereocenters. The van der Waals surface area contributed by atoms with E-state index in [4.69, 9.17) is 4.74 Å². The monoisotopic (exact) mass is 322 g/mol. The largest absolute Gasteiger partial charge is 0.443 e. The fraction of sp³-hybridized carbons (Fsp3) is 0.857. The van der Waals surface area contributed by atoms with E-state index >= 15 is 0 Å². The number of hydrogen-bond acceptors (Lipinski definition) is 4. The number of carbonyl (C=O) groups is 2. The van der Waals surface area contributed by atoms with Gasteiger partial charge in [-0.05, 0) is 53.1 Å². The molecule has 2 heterocycles. The summed E-state index contributed by atoms with van der Waals surface area (Å²) < 4.78 is 44.9. The Bertz CT molecular complexity index is 465. The second-order valence-corrected chi connectivity index (χ2v) is 6.95. The van der Waals surface area contributed by atoms with Gasteiger partial charge in [0.1, 0.15) is 11.6 Å². The van der Waals surface area contributed by atoms with Gasteiger partial charge in [-0.1, -0.05) is 0 Å². The van der Waals surface area contributed by atoms with Crippen molar-refractivity contribution in [2.24, 2.45) is 5.41 Å². The minimum atomic E-state index is -4.65. The van der Waals surface area contributed by atoms with Crippen molar-refractivity contribution in [3.63, 3.8) is 0 Å². The Kier molecular flexibility index (Phi) is 4.18. The van der Waals surface area contributed by atoms with Gasteiger partial charge >= 0.3 is 12.3 Å². The number of nitrogens with zero attached hydrogens (tertiary/aromatic N) is 1. The fourth-order valence-electron chi connectivity index (χ4n) is 3.05. The molecular formula is C14H21F3N2O3. The third-order valence-electron chi connectivity index (χ3n) is 4.10. The number of nitrogens with one attached hydrogen (secondary N) is 1. The fourth-order valence-corrected chi connectivity index (χ4v) is 3.05. The van der Waals surface area contributed by atoms with Crippen LogP contribution in [0.3, 0.4) is 0 Å². The molecule has 2 fully saturated rings. The molecule has 0 aromatic carbocycles. The van der Waals surface area contributed by atoms with E-state index in [0.717, 1.165) is 0 Å². The lowest BCUT2D eigenvalue weighted by Gasteiger charge is -2.31. The van der Waals surface area contributed by atoms with Crippen LogP contribution in [0.25, 0.3) is 0 Å². The highest BCUT2D eigenvalue weighted by atomic mass is 19.4. The number of hydrogen-bond donors (Lipinski definition) is 1. The molecule has 2 aliphatic rings. The lowest BCUT2D eigenvalue weighted by atomic mass is 9.76. The van der Waals surface area contributed by atoms with E-state index in [2.05, 4.69) is 5.32 Å². The molecule has 1 unspecified atom stereocenters. The van der Waals surface area contributed by atoms with Crippen molar-refractivity contribution in [3.05, 3.63) is 0 Å². The molecule has 2 amide bonds. The van der Waals surface area contributed by atoms with Gasteiger partial charge in [0.2, 0.25) is 5.91 Å². The lowest BCUT2D eigenvalue weighted by Crippen LogP contribution is -2.49. The van der Waals surface area contributed by atoms with Crippen molar-refractivity contribution in [3.8, 4) is 0 Å². The van der Waals surface area contributed by atoms with E-state index in [0.29, 0.717) is 25.9 Å². The number of amides is 2. The Morgan fingerprint density at radius 2 is 1.82 bits per heavy atom. The number of alkyl halides is 3. The maximum Gasteiger partial charge on any atom is 0.417 e. The average Bonchev–Trinajstić information content (AvgIpc) is 2.62. The van der Waals surface area contributed by atoms with Crippen molar-refractivity contribution >= 4 is 12.0 Å². The van der Waals surface area contributed by atoms with Gasteiger partial charge in [-0.3, -0.25) is 4.79 Å². The zero-order valence-electron chi connectivity index (χ0n) is 12.9. The van der Waals surface area contributed by atoms with Gasteiger partial charge in [-0.2, -0.15) is 13.2 Å². The third kappa shape index (κ3) is 3.21. The minimum absolute atomic E-state index is 0.288. The zero-order valence-corrected chi connectivity index (χ0v) is 12.9. The molecule has 126 valence electrons. The molecule has 2 rings (SSSR count). The summed E-state index contributed by atoms with van der Waals surface area (Å²) in [5.74, 6) is -0.759. The Morgan fingerprint density at radius 3 is 2.27 bits per heavy atom. The van der Waals surface area contributed by atoms with Crippen LogP contribution in [0.2, 0.25) is 0 Å². The molecule has 8 heteroatoms. The number of carbonyl (C=O) groups excluding carboxylic acids is 2. The first kappa shape index (κ1) is 17.1. The Balaban J connectivity index is 2.31. The van der Waals surface area contributed by atoms with Crippen LogP contribution in [-0.4, -0.2) is 47.8 Å². The van der Waals surface area contributed by atoms with E-state index in [1.165, 1.54) is 0 Å². The van der Waals surface area contributed by atoms with Crippen molar-refractivity contribution < 1.29 is 27.5 Å². The van der Waals surface area contributed by atoms with E-state index in [1.807, 2.05) is 0 Å². The van der Waals surface area contributed by atoms with Crippen LogP contribution in [0.1, 0.15) is 40.0 Å². The summed E-state index contributed by atoms with van der Waals surface area (Å²) in [4.78, 5) is 25.0. The van der Waals surface area contributed by atoms with Gasteiger partial charge in [0.05, 0.1) is 5.41 Å². The number of halogens is 3. The summed E-state index contributed by atoms with van der Waals surface area (Å²) in [5.41, 5.74) is -2.07. The van der Waals surface area contributed by atoms with Crippen molar-refractivity contribution in [2.45, 2.75) is 57.9 Å². The van der Waals surface area contributed by atoms with Crippen LogP contribution in [0.5, 0.6) is 0 Å². The Morgan fingerprint density at radius 1 is 1.27 bits per heavy atom. The summed E-state index contributed by atoms with van der Waals surface area (Å²) in [6.45, 7) is 5.59. The predicted molar refractivity (Wildman–Crippen MR) is 72.1 cm³/mol. The summed E-state index contributed by atoms with van der Waals surface area (Å²) in [5, 5.41) is 3.02. The number of piperidine rings is 1. The van der Waals surface area contributed by atoms with Gasteiger partial charge in [0.25, 0.3) is 0 Å². The van der Waals surface area contributed by atoms with Crippen LogP contribution in [0.15, 0.2) is 0 Å². The molecule has 0 aliphatic carbocycles. The highest BCUT2D eigenvalue weighted by Gasteiger charge is 2.62. The molecule has 5 nitrogen and oxygen atoms in total. The normalized spacial score (nSPS) is 25.6. The summed E-state index contributed by atoms with van der Waals surface area (Å²) in [6.07, 6.45) is -5.64. The number of imide groups is 1. The quantitative estimate of drug-likeness (QED) is 0.744. The van der Waals surface area contributed by atoms with Gasteiger partial charge in [0.15, 0.2) is 0 Å². The van der Waals surface area contributed by atoms with Crippen LogP contribution in [0, 0.1) is 5.41 Å². The van der Waals surface area contributed by atoms with Gasteiger partial charge in [-0.25, -0.2) is 9.69 Å². The van der Waals surface area contributed by atoms with Gasteiger partial charge in [-0.15, -0.1) is 0 Å². The molecule has 2 saturated heterocycles. The topological polar surface area (TPSA) is 58.6 Å².